The van der Waals surface area contributed by atoms with Gasteiger partial charge in [0.05, 0.1) is 7.11 Å². The van der Waals surface area contributed by atoms with Crippen LogP contribution in [0.2, 0.25) is 0 Å². The van der Waals surface area contributed by atoms with Gasteiger partial charge >= 0.3 is 5.97 Å². The summed E-state index contributed by atoms with van der Waals surface area (Å²) in [6.07, 6.45) is 5.05. The SMILES string of the molecule is COc1ccc(COC(=O)CCC2CCCCN2)cc1. The second-order valence-electron chi connectivity index (χ2n) is 5.19. The van der Waals surface area contributed by atoms with E-state index in [0.717, 1.165) is 24.3 Å². The van der Waals surface area contributed by atoms with E-state index in [0.29, 0.717) is 19.1 Å². The molecule has 1 aromatic rings. The zero-order valence-electron chi connectivity index (χ0n) is 12.1. The van der Waals surface area contributed by atoms with Crippen LogP contribution in [0.25, 0.3) is 0 Å². The standard InChI is InChI=1S/C16H23NO3/c1-19-15-8-5-13(6-9-15)12-20-16(18)10-7-14-4-2-3-11-17-14/h5-6,8-9,14,17H,2-4,7,10-12H2,1H3. The first-order chi connectivity index (χ1) is 9.78. The van der Waals surface area contributed by atoms with E-state index in [1.165, 1.54) is 19.3 Å². The fourth-order valence-corrected chi connectivity index (χ4v) is 2.42. The quantitative estimate of drug-likeness (QED) is 0.812. The number of rotatable bonds is 6. The van der Waals surface area contributed by atoms with E-state index >= 15 is 0 Å². The molecule has 1 fully saturated rings. The summed E-state index contributed by atoms with van der Waals surface area (Å²) in [5.41, 5.74) is 0.981. The molecule has 0 aliphatic carbocycles. The largest absolute Gasteiger partial charge is 0.497 e. The molecule has 4 heteroatoms. The van der Waals surface area contributed by atoms with Gasteiger partial charge in [0, 0.05) is 12.5 Å². The Morgan fingerprint density at radius 1 is 1.30 bits per heavy atom. The molecular weight excluding hydrogens is 254 g/mol. The van der Waals surface area contributed by atoms with Gasteiger partial charge in [-0.2, -0.15) is 0 Å². The Bertz CT molecular complexity index is 410. The predicted octanol–water partition coefficient (Wildman–Crippen LogP) is 2.66. The molecule has 1 aliphatic heterocycles. The number of hydrogen-bond donors (Lipinski definition) is 1. The Labute approximate surface area is 120 Å². The molecule has 0 saturated carbocycles. The first-order valence-corrected chi connectivity index (χ1v) is 7.30. The van der Waals surface area contributed by atoms with Crippen molar-refractivity contribution in [2.75, 3.05) is 13.7 Å². The Balaban J connectivity index is 1.66. The highest BCUT2D eigenvalue weighted by atomic mass is 16.5. The van der Waals surface area contributed by atoms with Crippen LogP contribution in [0.4, 0.5) is 0 Å². The molecule has 20 heavy (non-hydrogen) atoms. The molecule has 110 valence electrons. The number of piperidine rings is 1. The molecule has 1 aliphatic rings. The molecule has 0 spiro atoms. The molecule has 1 atom stereocenters. The number of hydrogen-bond acceptors (Lipinski definition) is 4. The van der Waals surface area contributed by atoms with Crippen LogP contribution in [-0.2, 0) is 16.1 Å². The van der Waals surface area contributed by atoms with Crippen molar-refractivity contribution in [3.05, 3.63) is 29.8 Å². The molecule has 1 saturated heterocycles. The number of methoxy groups -OCH3 is 1. The minimum atomic E-state index is -0.117. The summed E-state index contributed by atoms with van der Waals surface area (Å²) in [4.78, 5) is 11.7. The van der Waals surface area contributed by atoms with Crippen molar-refractivity contribution in [1.82, 2.24) is 5.32 Å². The fourth-order valence-electron chi connectivity index (χ4n) is 2.42. The molecule has 0 radical (unpaired) electrons. The van der Waals surface area contributed by atoms with Gasteiger partial charge in [0.25, 0.3) is 0 Å². The fraction of sp³-hybridized carbons (Fsp3) is 0.562. The maximum atomic E-state index is 11.7. The molecular formula is C16H23NO3. The second kappa shape index (κ2) is 7.90. The molecule has 1 aromatic carbocycles. The third-order valence-corrected chi connectivity index (χ3v) is 3.67. The average molecular weight is 277 g/mol. The van der Waals surface area contributed by atoms with Crippen LogP contribution in [-0.4, -0.2) is 25.7 Å². The normalized spacial score (nSPS) is 18.6. The summed E-state index contributed by atoms with van der Waals surface area (Å²) in [6.45, 7) is 1.41. The lowest BCUT2D eigenvalue weighted by Crippen LogP contribution is -2.34. The van der Waals surface area contributed by atoms with Crippen molar-refractivity contribution in [3.8, 4) is 5.75 Å². The van der Waals surface area contributed by atoms with Gasteiger partial charge in [0.1, 0.15) is 12.4 Å². The average Bonchev–Trinajstić information content (AvgIpc) is 2.52. The van der Waals surface area contributed by atoms with E-state index in [9.17, 15) is 4.79 Å². The minimum Gasteiger partial charge on any atom is -0.497 e. The Morgan fingerprint density at radius 2 is 2.10 bits per heavy atom. The van der Waals surface area contributed by atoms with Crippen LogP contribution in [0.3, 0.4) is 0 Å². The van der Waals surface area contributed by atoms with Gasteiger partial charge in [0.2, 0.25) is 0 Å². The van der Waals surface area contributed by atoms with E-state index in [2.05, 4.69) is 5.32 Å². The molecule has 1 heterocycles. The highest BCUT2D eigenvalue weighted by Gasteiger charge is 2.14. The number of esters is 1. The first kappa shape index (κ1) is 14.9. The lowest BCUT2D eigenvalue weighted by Gasteiger charge is -2.22. The van der Waals surface area contributed by atoms with Gasteiger partial charge in [-0.05, 0) is 43.5 Å². The first-order valence-electron chi connectivity index (χ1n) is 7.30. The van der Waals surface area contributed by atoms with Crippen molar-refractivity contribution in [1.29, 1.82) is 0 Å². The maximum absolute atomic E-state index is 11.7. The number of carbonyl (C=O) groups is 1. The van der Waals surface area contributed by atoms with Gasteiger partial charge in [-0.25, -0.2) is 0 Å². The smallest absolute Gasteiger partial charge is 0.306 e. The van der Waals surface area contributed by atoms with E-state index in [-0.39, 0.29) is 5.97 Å². The van der Waals surface area contributed by atoms with Crippen molar-refractivity contribution < 1.29 is 14.3 Å². The molecule has 0 amide bonds. The third-order valence-electron chi connectivity index (χ3n) is 3.67. The van der Waals surface area contributed by atoms with Crippen LogP contribution < -0.4 is 10.1 Å². The number of benzene rings is 1. The monoisotopic (exact) mass is 277 g/mol. The summed E-state index contributed by atoms with van der Waals surface area (Å²) in [6, 6.07) is 8.05. The Kier molecular flexibility index (Phi) is 5.87. The summed E-state index contributed by atoms with van der Waals surface area (Å²) in [5, 5.41) is 3.44. The second-order valence-corrected chi connectivity index (χ2v) is 5.19. The van der Waals surface area contributed by atoms with Gasteiger partial charge in [0.15, 0.2) is 0 Å². The van der Waals surface area contributed by atoms with Gasteiger partial charge in [-0.3, -0.25) is 4.79 Å². The van der Waals surface area contributed by atoms with Crippen molar-refractivity contribution >= 4 is 5.97 Å². The summed E-state index contributed by atoms with van der Waals surface area (Å²) >= 11 is 0. The Morgan fingerprint density at radius 3 is 2.75 bits per heavy atom. The topological polar surface area (TPSA) is 47.6 Å². The molecule has 2 rings (SSSR count). The summed E-state index contributed by atoms with van der Waals surface area (Å²) in [7, 11) is 1.63. The third kappa shape index (κ3) is 4.85. The van der Waals surface area contributed by atoms with Gasteiger partial charge in [-0.1, -0.05) is 18.6 Å². The molecule has 1 N–H and O–H groups in total. The van der Waals surface area contributed by atoms with Crippen LogP contribution in [0.1, 0.15) is 37.7 Å². The number of carbonyl (C=O) groups excluding carboxylic acids is 1. The summed E-state index contributed by atoms with van der Waals surface area (Å²) < 4.78 is 10.4. The lowest BCUT2D eigenvalue weighted by atomic mass is 10.0. The van der Waals surface area contributed by atoms with Gasteiger partial charge < -0.3 is 14.8 Å². The molecule has 4 nitrogen and oxygen atoms in total. The highest BCUT2D eigenvalue weighted by molar-refractivity contribution is 5.69. The van der Waals surface area contributed by atoms with Crippen LogP contribution in [0.15, 0.2) is 24.3 Å². The number of nitrogens with one attached hydrogen (secondary N) is 1. The molecule has 0 bridgehead atoms. The van der Waals surface area contributed by atoms with Crippen LogP contribution in [0.5, 0.6) is 5.75 Å². The minimum absolute atomic E-state index is 0.117. The Hall–Kier alpha value is -1.55. The lowest BCUT2D eigenvalue weighted by molar-refractivity contribution is -0.145. The zero-order chi connectivity index (χ0) is 14.2. The number of ether oxygens (including phenoxy) is 2. The maximum Gasteiger partial charge on any atom is 0.306 e. The van der Waals surface area contributed by atoms with Crippen molar-refractivity contribution in [2.24, 2.45) is 0 Å². The van der Waals surface area contributed by atoms with E-state index in [1.54, 1.807) is 7.11 Å². The van der Waals surface area contributed by atoms with E-state index < -0.39 is 0 Å². The van der Waals surface area contributed by atoms with Crippen LogP contribution >= 0.6 is 0 Å². The van der Waals surface area contributed by atoms with Crippen molar-refractivity contribution in [2.45, 2.75) is 44.8 Å². The predicted molar refractivity (Wildman–Crippen MR) is 77.7 cm³/mol. The summed E-state index contributed by atoms with van der Waals surface area (Å²) in [5.74, 6) is 0.691. The van der Waals surface area contributed by atoms with Crippen LogP contribution in [0, 0.1) is 0 Å². The van der Waals surface area contributed by atoms with Gasteiger partial charge in [-0.15, -0.1) is 0 Å². The molecule has 1 unspecified atom stereocenters. The van der Waals surface area contributed by atoms with Crippen molar-refractivity contribution in [3.63, 3.8) is 0 Å². The highest BCUT2D eigenvalue weighted by Crippen LogP contribution is 2.14. The van der Waals surface area contributed by atoms with E-state index in [1.807, 2.05) is 24.3 Å². The molecule has 0 aromatic heterocycles. The van der Waals surface area contributed by atoms with E-state index in [4.69, 9.17) is 9.47 Å². The zero-order valence-corrected chi connectivity index (χ0v) is 12.1.